The molecule has 3 N–H and O–H groups in total. The van der Waals surface area contributed by atoms with Crippen molar-refractivity contribution in [1.82, 2.24) is 19.1 Å². The number of rotatable bonds is 10. The molecule has 2 aromatic heterocycles. The third-order valence-electron chi connectivity index (χ3n) is 6.44. The van der Waals surface area contributed by atoms with Crippen molar-refractivity contribution in [3.63, 3.8) is 0 Å². The van der Waals surface area contributed by atoms with Gasteiger partial charge in [0.2, 0.25) is 5.95 Å². The van der Waals surface area contributed by atoms with Gasteiger partial charge in [-0.2, -0.15) is 4.98 Å². The van der Waals surface area contributed by atoms with Crippen LogP contribution in [0.2, 0.25) is 0 Å². The number of hydrogen-bond donors (Lipinski definition) is 2. The Bertz CT molecular complexity index is 1460. The molecule has 0 spiro atoms. The zero-order valence-electron chi connectivity index (χ0n) is 21.3. The summed E-state index contributed by atoms with van der Waals surface area (Å²) in [7, 11) is -2.57. The maximum absolute atomic E-state index is 13.9. The zero-order valence-corrected chi connectivity index (χ0v) is 22.2. The molecular weight excluding hydrogens is 525 g/mol. The lowest BCUT2D eigenvalue weighted by Crippen LogP contribution is -2.37. The van der Waals surface area contributed by atoms with Gasteiger partial charge in [-0.1, -0.05) is 60.7 Å². The number of nitrogens with zero attached hydrogens (tertiary/aromatic N) is 4. The smallest absolute Gasteiger partial charge is 0.394 e. The summed E-state index contributed by atoms with van der Waals surface area (Å²) >= 11 is 0. The molecule has 13 heteroatoms. The minimum Gasteiger partial charge on any atom is -0.394 e. The molecule has 0 amide bonds. The second-order valence-electron chi connectivity index (χ2n) is 9.22. The number of ether oxygens (including phenoxy) is 1. The Morgan fingerprint density at radius 3 is 2.26 bits per heavy atom. The standard InChI is InChI=1S/C26H30N5O7P/c1-30-25(33)23-24(29-26(30)27)31(17-28-23)22-13-20(12-21(14-32)37-22)38-39(34,35-15-18-8-4-2-5-9-18)36-16-19-10-6-3-7-11-19/h2-11,17,20-22,32H,12-16H2,1H3,(H2,27,29)/t20-,21-,22+/m0/s1. The number of phosphoric ester groups is 1. The fraction of sp³-hybridized carbons (Fsp3) is 0.346. The number of anilines is 1. The van der Waals surface area contributed by atoms with Gasteiger partial charge in [0.25, 0.3) is 5.56 Å². The molecule has 0 radical (unpaired) electrons. The molecule has 0 saturated carbocycles. The predicted octanol–water partition coefficient (Wildman–Crippen LogP) is 3.31. The molecule has 4 aromatic rings. The summed E-state index contributed by atoms with van der Waals surface area (Å²) in [5, 5.41) is 9.94. The third kappa shape index (κ3) is 6.27. The van der Waals surface area contributed by atoms with E-state index in [2.05, 4.69) is 9.97 Å². The van der Waals surface area contributed by atoms with E-state index >= 15 is 0 Å². The summed E-state index contributed by atoms with van der Waals surface area (Å²) in [5.74, 6) is 0.0182. The zero-order chi connectivity index (χ0) is 27.4. The summed E-state index contributed by atoms with van der Waals surface area (Å²) in [6.45, 7) is -0.274. The molecule has 1 aliphatic heterocycles. The molecule has 0 aliphatic carbocycles. The van der Waals surface area contributed by atoms with E-state index in [0.717, 1.165) is 11.1 Å². The molecule has 3 heterocycles. The number of phosphoric acid groups is 1. The number of aliphatic hydroxyl groups is 1. The first-order valence-electron chi connectivity index (χ1n) is 12.5. The number of nitrogen functional groups attached to an aromatic ring is 1. The first kappa shape index (κ1) is 27.2. The SMILES string of the molecule is Cn1c(N)nc2c(ncn2[C@H]2C[C@@H](OP(=O)(OCc3ccccc3)OCc3ccccc3)C[C@@H](CO)O2)c1=O. The van der Waals surface area contributed by atoms with E-state index in [0.29, 0.717) is 0 Å². The van der Waals surface area contributed by atoms with Gasteiger partial charge in [0.1, 0.15) is 6.23 Å². The van der Waals surface area contributed by atoms with Crippen LogP contribution in [0.5, 0.6) is 0 Å². The van der Waals surface area contributed by atoms with Gasteiger partial charge in [0.05, 0.1) is 38.4 Å². The normalized spacial score (nSPS) is 19.9. The molecule has 5 rings (SSSR count). The van der Waals surface area contributed by atoms with Crippen LogP contribution in [0.1, 0.15) is 30.2 Å². The maximum Gasteiger partial charge on any atom is 0.475 e. The summed E-state index contributed by atoms with van der Waals surface area (Å²) in [5.41, 5.74) is 7.48. The molecule has 3 atom stereocenters. The minimum absolute atomic E-state index is 0.0155. The third-order valence-corrected chi connectivity index (χ3v) is 7.88. The van der Waals surface area contributed by atoms with Crippen LogP contribution in [0, 0.1) is 0 Å². The summed E-state index contributed by atoms with van der Waals surface area (Å²) in [4.78, 5) is 21.1. The van der Waals surface area contributed by atoms with E-state index < -0.39 is 31.8 Å². The molecular formula is C26H30N5O7P. The molecule has 39 heavy (non-hydrogen) atoms. The lowest BCUT2D eigenvalue weighted by molar-refractivity contribution is -0.140. The first-order chi connectivity index (χ1) is 18.8. The van der Waals surface area contributed by atoms with E-state index in [1.54, 1.807) is 4.57 Å². The minimum atomic E-state index is -4.08. The molecule has 0 unspecified atom stereocenters. The maximum atomic E-state index is 13.9. The Balaban J connectivity index is 1.38. The lowest BCUT2D eigenvalue weighted by atomic mass is 10.0. The van der Waals surface area contributed by atoms with Crippen LogP contribution in [0.3, 0.4) is 0 Å². The molecule has 12 nitrogen and oxygen atoms in total. The van der Waals surface area contributed by atoms with E-state index in [4.69, 9.17) is 24.0 Å². The summed E-state index contributed by atoms with van der Waals surface area (Å²) < 4.78 is 40.3. The Morgan fingerprint density at radius 1 is 1.05 bits per heavy atom. The van der Waals surface area contributed by atoms with Gasteiger partial charge in [-0.05, 0) is 11.1 Å². The van der Waals surface area contributed by atoms with E-state index in [1.807, 2.05) is 60.7 Å². The number of hydrogen-bond acceptors (Lipinski definition) is 10. The number of imidazole rings is 1. The average Bonchev–Trinajstić information content (AvgIpc) is 3.38. The highest BCUT2D eigenvalue weighted by molar-refractivity contribution is 7.48. The number of aromatic nitrogens is 4. The van der Waals surface area contributed by atoms with E-state index in [9.17, 15) is 14.5 Å². The van der Waals surface area contributed by atoms with Gasteiger partial charge in [-0.3, -0.25) is 27.5 Å². The van der Waals surface area contributed by atoms with Crippen LogP contribution in [0.15, 0.2) is 71.8 Å². The van der Waals surface area contributed by atoms with Crippen molar-refractivity contribution in [2.45, 2.75) is 44.5 Å². The number of nitrogens with two attached hydrogens (primary N) is 1. The number of aliphatic hydroxyl groups excluding tert-OH is 1. The summed E-state index contributed by atoms with van der Waals surface area (Å²) in [6, 6.07) is 18.6. The molecule has 1 saturated heterocycles. The van der Waals surface area contributed by atoms with Crippen LogP contribution < -0.4 is 11.3 Å². The Kier molecular flexibility index (Phi) is 8.22. The van der Waals surface area contributed by atoms with Gasteiger partial charge < -0.3 is 15.6 Å². The van der Waals surface area contributed by atoms with Crippen molar-refractivity contribution in [3.05, 3.63) is 88.5 Å². The highest BCUT2D eigenvalue weighted by Gasteiger charge is 2.38. The number of fused-ring (bicyclic) bond motifs is 1. The highest BCUT2D eigenvalue weighted by Crippen LogP contribution is 2.54. The largest absolute Gasteiger partial charge is 0.475 e. The molecule has 1 fully saturated rings. The van der Waals surface area contributed by atoms with Crippen LogP contribution in [-0.4, -0.2) is 43.0 Å². The predicted molar refractivity (Wildman–Crippen MR) is 142 cm³/mol. The fourth-order valence-corrected chi connectivity index (χ4v) is 5.69. The Labute approximate surface area is 224 Å². The first-order valence-corrected chi connectivity index (χ1v) is 13.9. The van der Waals surface area contributed by atoms with Gasteiger partial charge in [-0.25, -0.2) is 9.55 Å². The van der Waals surface area contributed by atoms with Crippen LogP contribution >= 0.6 is 7.82 Å². The van der Waals surface area contributed by atoms with Gasteiger partial charge >= 0.3 is 7.82 Å². The van der Waals surface area contributed by atoms with Crippen molar-refractivity contribution >= 4 is 24.9 Å². The quantitative estimate of drug-likeness (QED) is 0.279. The van der Waals surface area contributed by atoms with Crippen molar-refractivity contribution in [1.29, 1.82) is 0 Å². The van der Waals surface area contributed by atoms with E-state index in [-0.39, 0.29) is 49.8 Å². The van der Waals surface area contributed by atoms with Crippen molar-refractivity contribution in [2.75, 3.05) is 12.3 Å². The van der Waals surface area contributed by atoms with Gasteiger partial charge in [0.15, 0.2) is 11.2 Å². The highest BCUT2D eigenvalue weighted by atomic mass is 31.2. The van der Waals surface area contributed by atoms with Crippen molar-refractivity contribution in [3.8, 4) is 0 Å². The average molecular weight is 556 g/mol. The molecule has 206 valence electrons. The van der Waals surface area contributed by atoms with Crippen molar-refractivity contribution < 1.29 is 28.0 Å². The van der Waals surface area contributed by atoms with Crippen LogP contribution in [-0.2, 0) is 43.1 Å². The van der Waals surface area contributed by atoms with Crippen LogP contribution in [0.25, 0.3) is 11.2 Å². The Hall–Kier alpha value is -3.38. The van der Waals surface area contributed by atoms with Gasteiger partial charge in [0, 0.05) is 19.9 Å². The number of benzene rings is 2. The molecule has 0 bridgehead atoms. The van der Waals surface area contributed by atoms with Crippen LogP contribution in [0.4, 0.5) is 5.95 Å². The Morgan fingerprint density at radius 2 is 1.67 bits per heavy atom. The van der Waals surface area contributed by atoms with Gasteiger partial charge in [-0.15, -0.1) is 0 Å². The lowest BCUT2D eigenvalue weighted by Gasteiger charge is -2.36. The molecule has 2 aromatic carbocycles. The van der Waals surface area contributed by atoms with E-state index in [1.165, 1.54) is 17.9 Å². The fourth-order valence-electron chi connectivity index (χ4n) is 4.34. The summed E-state index contributed by atoms with van der Waals surface area (Å²) in [6.07, 6.45) is -0.193. The second-order valence-corrected chi connectivity index (χ2v) is 10.8. The molecule has 1 aliphatic rings. The topological polar surface area (TPSA) is 153 Å². The van der Waals surface area contributed by atoms with Crippen molar-refractivity contribution in [2.24, 2.45) is 7.05 Å². The monoisotopic (exact) mass is 555 g/mol. The second kappa shape index (κ2) is 11.8.